The van der Waals surface area contributed by atoms with Gasteiger partial charge in [0.2, 0.25) is 5.91 Å². The highest BCUT2D eigenvalue weighted by Gasteiger charge is 2.22. The number of nitrogens with zero attached hydrogens (tertiary/aromatic N) is 2. The molecular formula is C19H23FN4O3. The molecule has 7 nitrogen and oxygen atoms in total. The van der Waals surface area contributed by atoms with Gasteiger partial charge in [-0.25, -0.2) is 9.18 Å². The Bertz CT molecular complexity index is 908. The average molecular weight is 374 g/mol. The van der Waals surface area contributed by atoms with Crippen LogP contribution in [0.3, 0.4) is 0 Å². The number of rotatable bonds is 6. The molecule has 1 atom stereocenters. The maximum Gasteiger partial charge on any atom is 0.328 e. The second-order valence-electron chi connectivity index (χ2n) is 6.79. The van der Waals surface area contributed by atoms with Crippen molar-refractivity contribution in [1.82, 2.24) is 19.8 Å². The largest absolute Gasteiger partial charge is 0.352 e. The fourth-order valence-electron chi connectivity index (χ4n) is 3.33. The number of hydrogen-bond donors (Lipinski definition) is 2. The number of aromatic amines is 1. The van der Waals surface area contributed by atoms with E-state index in [9.17, 15) is 18.8 Å². The van der Waals surface area contributed by atoms with Crippen LogP contribution in [-0.4, -0.2) is 39.5 Å². The topological polar surface area (TPSA) is 87.2 Å². The average Bonchev–Trinajstić information content (AvgIpc) is 2.63. The molecule has 1 amide bonds. The first kappa shape index (κ1) is 19.0. The molecule has 1 aromatic carbocycles. The Balaban J connectivity index is 1.49. The minimum atomic E-state index is -0.524. The van der Waals surface area contributed by atoms with Crippen molar-refractivity contribution in [2.75, 3.05) is 13.1 Å². The molecule has 2 aromatic rings. The van der Waals surface area contributed by atoms with E-state index in [0.717, 1.165) is 19.4 Å². The van der Waals surface area contributed by atoms with Gasteiger partial charge >= 0.3 is 5.69 Å². The summed E-state index contributed by atoms with van der Waals surface area (Å²) in [6.07, 6.45) is 3.33. The molecule has 0 bridgehead atoms. The van der Waals surface area contributed by atoms with Crippen LogP contribution in [0, 0.1) is 5.82 Å². The molecule has 1 saturated heterocycles. The van der Waals surface area contributed by atoms with Gasteiger partial charge in [0.1, 0.15) is 5.82 Å². The van der Waals surface area contributed by atoms with Gasteiger partial charge in [-0.3, -0.25) is 19.5 Å². The molecule has 0 saturated carbocycles. The molecule has 2 N–H and O–H groups in total. The van der Waals surface area contributed by atoms with Crippen molar-refractivity contribution in [2.45, 2.75) is 38.4 Å². The Kier molecular flexibility index (Phi) is 6.18. The number of benzene rings is 1. The van der Waals surface area contributed by atoms with Crippen LogP contribution in [0.4, 0.5) is 4.39 Å². The van der Waals surface area contributed by atoms with Gasteiger partial charge in [-0.1, -0.05) is 18.2 Å². The molecule has 1 aliphatic heterocycles. The van der Waals surface area contributed by atoms with E-state index in [4.69, 9.17) is 0 Å². The van der Waals surface area contributed by atoms with Gasteiger partial charge in [-0.15, -0.1) is 0 Å². The zero-order valence-electron chi connectivity index (χ0n) is 15.0. The Morgan fingerprint density at radius 1 is 1.26 bits per heavy atom. The Morgan fingerprint density at radius 2 is 2.07 bits per heavy atom. The van der Waals surface area contributed by atoms with Gasteiger partial charge in [-0.05, 0) is 25.5 Å². The van der Waals surface area contributed by atoms with Gasteiger partial charge < -0.3 is 9.88 Å². The summed E-state index contributed by atoms with van der Waals surface area (Å²) in [5.41, 5.74) is -0.330. The van der Waals surface area contributed by atoms with Crippen LogP contribution in [0.5, 0.6) is 0 Å². The minimum Gasteiger partial charge on any atom is -0.352 e. The number of aromatic nitrogens is 2. The first-order chi connectivity index (χ1) is 13.0. The minimum absolute atomic E-state index is 0.00493. The molecule has 0 radical (unpaired) electrons. The highest BCUT2D eigenvalue weighted by molar-refractivity contribution is 5.76. The number of nitrogens with one attached hydrogen (secondary N) is 2. The van der Waals surface area contributed by atoms with Crippen molar-refractivity contribution < 1.29 is 9.18 Å². The lowest BCUT2D eigenvalue weighted by Crippen LogP contribution is -2.47. The summed E-state index contributed by atoms with van der Waals surface area (Å²) >= 11 is 0. The van der Waals surface area contributed by atoms with E-state index in [-0.39, 0.29) is 30.7 Å². The Hall–Kier alpha value is -2.74. The molecule has 1 aliphatic rings. The lowest BCUT2D eigenvalue weighted by Gasteiger charge is -2.33. The maximum absolute atomic E-state index is 13.8. The molecule has 2 heterocycles. The summed E-state index contributed by atoms with van der Waals surface area (Å²) in [7, 11) is 0. The summed E-state index contributed by atoms with van der Waals surface area (Å²) in [6.45, 7) is 2.26. The van der Waals surface area contributed by atoms with Gasteiger partial charge in [0.15, 0.2) is 0 Å². The van der Waals surface area contributed by atoms with Crippen LogP contribution < -0.4 is 16.6 Å². The number of likely N-dealkylation sites (tertiary alicyclic amines) is 1. The van der Waals surface area contributed by atoms with E-state index in [1.807, 2.05) is 6.07 Å². The highest BCUT2D eigenvalue weighted by Crippen LogP contribution is 2.15. The van der Waals surface area contributed by atoms with Crippen LogP contribution in [0.25, 0.3) is 0 Å². The van der Waals surface area contributed by atoms with E-state index < -0.39 is 11.2 Å². The van der Waals surface area contributed by atoms with Crippen molar-refractivity contribution in [2.24, 2.45) is 0 Å². The molecule has 0 spiro atoms. The number of H-pyrrole nitrogens is 1. The zero-order valence-corrected chi connectivity index (χ0v) is 15.0. The summed E-state index contributed by atoms with van der Waals surface area (Å²) < 4.78 is 15.1. The fourth-order valence-corrected chi connectivity index (χ4v) is 3.33. The summed E-state index contributed by atoms with van der Waals surface area (Å²) in [5, 5.41) is 2.99. The van der Waals surface area contributed by atoms with Gasteiger partial charge in [0.05, 0.1) is 0 Å². The normalized spacial score (nSPS) is 17.6. The standard InChI is InChI=1S/C19H23FN4O3/c20-16-6-2-1-4-14(16)12-23-9-3-5-15(13-23)21-17(25)7-10-24-11-8-18(26)22-19(24)27/h1-2,4,6,8,11,15H,3,5,7,9-10,12-13H2,(H,21,25)(H,22,26,27)/t15-/m0/s1. The molecule has 1 fully saturated rings. The second-order valence-corrected chi connectivity index (χ2v) is 6.79. The number of carbonyl (C=O) groups excluding carboxylic acids is 1. The molecule has 144 valence electrons. The fraction of sp³-hybridized carbons (Fsp3) is 0.421. The van der Waals surface area contributed by atoms with E-state index >= 15 is 0 Å². The van der Waals surface area contributed by atoms with Crippen molar-refractivity contribution in [3.63, 3.8) is 0 Å². The SMILES string of the molecule is O=C(CCn1ccc(=O)[nH]c1=O)N[C@H]1CCCN(Cc2ccccc2F)C1. The van der Waals surface area contributed by atoms with Crippen molar-refractivity contribution in [1.29, 1.82) is 0 Å². The number of halogens is 1. The van der Waals surface area contributed by atoms with E-state index in [2.05, 4.69) is 15.2 Å². The third-order valence-electron chi connectivity index (χ3n) is 4.70. The number of amides is 1. The highest BCUT2D eigenvalue weighted by atomic mass is 19.1. The predicted molar refractivity (Wildman–Crippen MR) is 98.8 cm³/mol. The van der Waals surface area contributed by atoms with E-state index in [1.54, 1.807) is 12.1 Å². The van der Waals surface area contributed by atoms with Crippen LogP contribution in [0.1, 0.15) is 24.8 Å². The summed E-state index contributed by atoms with van der Waals surface area (Å²) in [5.74, 6) is -0.360. The third kappa shape index (κ3) is 5.37. The molecule has 1 aromatic heterocycles. The first-order valence-electron chi connectivity index (χ1n) is 9.06. The van der Waals surface area contributed by atoms with Gasteiger partial charge in [-0.2, -0.15) is 0 Å². The first-order valence-corrected chi connectivity index (χ1v) is 9.06. The van der Waals surface area contributed by atoms with Crippen LogP contribution in [-0.2, 0) is 17.9 Å². The number of aryl methyl sites for hydroxylation is 1. The zero-order chi connectivity index (χ0) is 19.2. The Morgan fingerprint density at radius 3 is 2.85 bits per heavy atom. The number of piperidine rings is 1. The van der Waals surface area contributed by atoms with E-state index in [0.29, 0.717) is 18.7 Å². The third-order valence-corrected chi connectivity index (χ3v) is 4.70. The number of carbonyl (C=O) groups is 1. The van der Waals surface area contributed by atoms with Crippen molar-refractivity contribution in [3.05, 3.63) is 68.7 Å². The lowest BCUT2D eigenvalue weighted by molar-refractivity contribution is -0.122. The molecule has 0 unspecified atom stereocenters. The lowest BCUT2D eigenvalue weighted by atomic mass is 10.0. The molecular weight excluding hydrogens is 351 g/mol. The van der Waals surface area contributed by atoms with Gasteiger partial charge in [0.25, 0.3) is 5.56 Å². The monoisotopic (exact) mass is 374 g/mol. The van der Waals surface area contributed by atoms with Crippen molar-refractivity contribution >= 4 is 5.91 Å². The van der Waals surface area contributed by atoms with Crippen LogP contribution >= 0.6 is 0 Å². The molecule has 8 heteroatoms. The smallest absolute Gasteiger partial charge is 0.328 e. The summed E-state index contributed by atoms with van der Waals surface area (Å²) in [4.78, 5) is 39.2. The van der Waals surface area contributed by atoms with Gasteiger partial charge in [0, 0.05) is 49.9 Å². The molecule has 27 heavy (non-hydrogen) atoms. The maximum atomic E-state index is 13.8. The predicted octanol–water partition coefficient (Wildman–Crippen LogP) is 0.847. The van der Waals surface area contributed by atoms with Crippen LogP contribution in [0.15, 0.2) is 46.1 Å². The quantitative estimate of drug-likeness (QED) is 0.785. The molecule has 0 aliphatic carbocycles. The summed E-state index contributed by atoms with van der Waals surface area (Å²) in [6, 6.07) is 7.98. The Labute approximate surface area is 155 Å². The van der Waals surface area contributed by atoms with Crippen molar-refractivity contribution in [3.8, 4) is 0 Å². The van der Waals surface area contributed by atoms with E-state index in [1.165, 1.54) is 22.9 Å². The van der Waals surface area contributed by atoms with Crippen LogP contribution in [0.2, 0.25) is 0 Å². The number of hydrogen-bond acceptors (Lipinski definition) is 4. The molecule has 3 rings (SSSR count). The second kappa shape index (κ2) is 8.77.